The van der Waals surface area contributed by atoms with Gasteiger partial charge in [0.1, 0.15) is 0 Å². The van der Waals surface area contributed by atoms with Crippen molar-refractivity contribution in [3.05, 3.63) is 65.2 Å². The number of hydrogen-bond acceptors (Lipinski definition) is 3. The first kappa shape index (κ1) is 21.6. The summed E-state index contributed by atoms with van der Waals surface area (Å²) >= 11 is 6.35. The van der Waals surface area contributed by atoms with Gasteiger partial charge < -0.3 is 4.90 Å². The molecule has 2 heterocycles. The number of benzene rings is 2. The molecule has 1 aliphatic heterocycles. The highest BCUT2D eigenvalue weighted by atomic mass is 35.5. The molecule has 2 aromatic carbocycles. The van der Waals surface area contributed by atoms with Crippen LogP contribution in [0.3, 0.4) is 0 Å². The van der Waals surface area contributed by atoms with Gasteiger partial charge in [-0.15, -0.1) is 0 Å². The number of carbonyl (C=O) groups excluding carboxylic acids is 1. The van der Waals surface area contributed by atoms with Crippen molar-refractivity contribution in [2.24, 2.45) is 0 Å². The smallest absolute Gasteiger partial charge is 0.337 e. The van der Waals surface area contributed by atoms with E-state index in [0.29, 0.717) is 46.7 Å². The maximum atomic E-state index is 13.5. The molecule has 162 valence electrons. The number of rotatable bonds is 3. The Morgan fingerprint density at radius 1 is 1.00 bits per heavy atom. The van der Waals surface area contributed by atoms with E-state index in [2.05, 4.69) is 4.98 Å². The molecule has 0 aliphatic carbocycles. The van der Waals surface area contributed by atoms with Gasteiger partial charge in [0.25, 0.3) is 5.91 Å². The number of hydrogen-bond donors (Lipinski definition) is 0. The number of pyridine rings is 1. The predicted octanol–water partition coefficient (Wildman–Crippen LogP) is 5.27. The molecule has 0 N–H and O–H groups in total. The molecule has 1 fully saturated rings. The van der Waals surface area contributed by atoms with Crippen molar-refractivity contribution in [3.63, 3.8) is 0 Å². The number of aromatic nitrogens is 1. The fourth-order valence-corrected chi connectivity index (χ4v) is 4.15. The Kier molecular flexibility index (Phi) is 6.16. The second-order valence-corrected chi connectivity index (χ2v) is 8.00. The zero-order valence-electron chi connectivity index (χ0n) is 16.7. The average Bonchev–Trinajstić information content (AvgIpc) is 2.97. The predicted molar refractivity (Wildman–Crippen MR) is 115 cm³/mol. The molecule has 4 nitrogen and oxygen atoms in total. The third-order valence-corrected chi connectivity index (χ3v) is 5.70. The zero-order chi connectivity index (χ0) is 22.0. The third kappa shape index (κ3) is 4.99. The molecule has 0 radical (unpaired) electrons. The number of alkyl halides is 3. The van der Waals surface area contributed by atoms with Gasteiger partial charge in [0.15, 0.2) is 0 Å². The Morgan fingerprint density at radius 2 is 1.74 bits per heavy atom. The fraction of sp³-hybridized carbons (Fsp3) is 0.304. The number of para-hydroxylation sites is 1. The van der Waals surface area contributed by atoms with Crippen molar-refractivity contribution in [2.75, 3.05) is 32.7 Å². The minimum atomic E-state index is -4.25. The first-order valence-electron chi connectivity index (χ1n) is 10.0. The van der Waals surface area contributed by atoms with Crippen LogP contribution in [0.15, 0.2) is 54.6 Å². The molecule has 8 heteroatoms. The van der Waals surface area contributed by atoms with E-state index in [1.54, 1.807) is 17.0 Å². The number of halogens is 4. The van der Waals surface area contributed by atoms with E-state index in [-0.39, 0.29) is 19.0 Å². The lowest BCUT2D eigenvalue weighted by Crippen LogP contribution is -2.38. The number of fused-ring (bicyclic) bond motifs is 1. The van der Waals surface area contributed by atoms with Crippen LogP contribution in [0, 0.1) is 0 Å². The molecular formula is C23H21ClF3N3O. The van der Waals surface area contributed by atoms with E-state index >= 15 is 0 Å². The second kappa shape index (κ2) is 8.85. The topological polar surface area (TPSA) is 36.4 Å². The molecule has 4 rings (SSSR count). The van der Waals surface area contributed by atoms with Crippen molar-refractivity contribution >= 4 is 28.4 Å². The van der Waals surface area contributed by atoms with Crippen molar-refractivity contribution < 1.29 is 18.0 Å². The van der Waals surface area contributed by atoms with Crippen molar-refractivity contribution in [1.29, 1.82) is 0 Å². The fourth-order valence-electron chi connectivity index (χ4n) is 3.92. The molecule has 0 atom stereocenters. The van der Waals surface area contributed by atoms with Gasteiger partial charge in [-0.3, -0.25) is 9.69 Å². The van der Waals surface area contributed by atoms with Crippen molar-refractivity contribution in [2.45, 2.75) is 12.6 Å². The van der Waals surface area contributed by atoms with Crippen molar-refractivity contribution in [1.82, 2.24) is 14.8 Å². The van der Waals surface area contributed by atoms with Gasteiger partial charge in [-0.2, -0.15) is 13.2 Å². The number of amides is 1. The van der Waals surface area contributed by atoms with Crippen molar-refractivity contribution in [3.8, 4) is 11.3 Å². The largest absolute Gasteiger partial charge is 0.401 e. The minimum absolute atomic E-state index is 0.186. The summed E-state index contributed by atoms with van der Waals surface area (Å²) in [4.78, 5) is 21.1. The summed E-state index contributed by atoms with van der Waals surface area (Å²) in [7, 11) is 0. The molecule has 31 heavy (non-hydrogen) atoms. The molecule has 1 amide bonds. The summed E-state index contributed by atoms with van der Waals surface area (Å²) in [6.07, 6.45) is -3.76. The van der Waals surface area contributed by atoms with Crippen LogP contribution in [0.2, 0.25) is 5.02 Å². The van der Waals surface area contributed by atoms with E-state index in [9.17, 15) is 18.0 Å². The first-order chi connectivity index (χ1) is 14.8. The van der Waals surface area contributed by atoms with E-state index < -0.39 is 12.7 Å². The Balaban J connectivity index is 1.67. The Bertz CT molecular complexity index is 1100. The SMILES string of the molecule is O=C(c1cc(-c2ccccc2Cl)nc2ccccc12)N1CCCN(CC(F)(F)F)CC1. The summed E-state index contributed by atoms with van der Waals surface area (Å²) in [5.41, 5.74) is 2.44. The van der Waals surface area contributed by atoms with Crippen LogP contribution in [0.25, 0.3) is 22.2 Å². The summed E-state index contributed by atoms with van der Waals surface area (Å²) in [5, 5.41) is 1.24. The van der Waals surface area contributed by atoms with Gasteiger partial charge in [-0.05, 0) is 24.6 Å². The number of nitrogens with zero attached hydrogens (tertiary/aromatic N) is 3. The van der Waals surface area contributed by atoms with Gasteiger partial charge in [0.2, 0.25) is 0 Å². The summed E-state index contributed by atoms with van der Waals surface area (Å²) in [5.74, 6) is -0.208. The average molecular weight is 448 g/mol. The van der Waals surface area contributed by atoms with Gasteiger partial charge in [0, 0.05) is 42.2 Å². The second-order valence-electron chi connectivity index (χ2n) is 7.59. The monoisotopic (exact) mass is 447 g/mol. The maximum Gasteiger partial charge on any atom is 0.401 e. The minimum Gasteiger partial charge on any atom is -0.337 e. The highest BCUT2D eigenvalue weighted by Gasteiger charge is 2.32. The summed E-state index contributed by atoms with van der Waals surface area (Å²) < 4.78 is 38.3. The molecule has 1 saturated heterocycles. The van der Waals surface area contributed by atoms with E-state index in [1.165, 1.54) is 4.90 Å². The molecule has 1 aliphatic rings. The molecule has 1 aromatic heterocycles. The molecule has 3 aromatic rings. The Hall–Kier alpha value is -2.64. The molecule has 0 saturated carbocycles. The Labute approximate surface area is 183 Å². The lowest BCUT2D eigenvalue weighted by Gasteiger charge is -2.23. The number of carbonyl (C=O) groups is 1. The van der Waals surface area contributed by atoms with Crippen LogP contribution in [-0.2, 0) is 0 Å². The molecule has 0 bridgehead atoms. The highest BCUT2D eigenvalue weighted by Crippen LogP contribution is 2.30. The standard InChI is InChI=1S/C23H21ClF3N3O/c24-19-8-3-1-7-17(19)21-14-18(16-6-2-4-9-20(16)28-21)22(31)30-11-5-10-29(12-13-30)15-23(25,26)27/h1-4,6-9,14H,5,10-13,15H2. The van der Waals surface area contributed by atoms with Gasteiger partial charge in [-0.25, -0.2) is 4.98 Å². The van der Waals surface area contributed by atoms with E-state index in [4.69, 9.17) is 11.6 Å². The van der Waals surface area contributed by atoms with Gasteiger partial charge in [0.05, 0.1) is 23.3 Å². The normalized spacial score (nSPS) is 15.8. The van der Waals surface area contributed by atoms with Crippen LogP contribution in [0.1, 0.15) is 16.8 Å². The van der Waals surface area contributed by atoms with Crippen LogP contribution >= 0.6 is 11.6 Å². The van der Waals surface area contributed by atoms with Crippen LogP contribution in [0.4, 0.5) is 13.2 Å². The lowest BCUT2D eigenvalue weighted by molar-refractivity contribution is -0.145. The van der Waals surface area contributed by atoms with Gasteiger partial charge in [-0.1, -0.05) is 48.0 Å². The quantitative estimate of drug-likeness (QED) is 0.549. The highest BCUT2D eigenvalue weighted by molar-refractivity contribution is 6.33. The van der Waals surface area contributed by atoms with Crippen LogP contribution in [0.5, 0.6) is 0 Å². The van der Waals surface area contributed by atoms with E-state index in [1.807, 2.05) is 42.5 Å². The third-order valence-electron chi connectivity index (χ3n) is 5.38. The van der Waals surface area contributed by atoms with Gasteiger partial charge >= 0.3 is 6.18 Å². The Morgan fingerprint density at radius 3 is 2.52 bits per heavy atom. The summed E-state index contributed by atoms with van der Waals surface area (Å²) in [6.45, 7) is 0.193. The van der Waals surface area contributed by atoms with E-state index in [0.717, 1.165) is 5.56 Å². The van der Waals surface area contributed by atoms with Crippen LogP contribution in [-0.4, -0.2) is 59.6 Å². The molecular weight excluding hydrogens is 427 g/mol. The zero-order valence-corrected chi connectivity index (χ0v) is 17.5. The van der Waals surface area contributed by atoms with Crippen LogP contribution < -0.4 is 0 Å². The summed E-state index contributed by atoms with van der Waals surface area (Å²) in [6, 6.07) is 16.4. The first-order valence-corrected chi connectivity index (χ1v) is 10.4. The maximum absolute atomic E-state index is 13.5. The lowest BCUT2D eigenvalue weighted by atomic mass is 10.0. The molecule has 0 unspecified atom stereocenters. The molecule has 0 spiro atoms.